The fourth-order valence-corrected chi connectivity index (χ4v) is 3.06. The molecule has 2 aliphatic heterocycles. The monoisotopic (exact) mass is 259 g/mol. The summed E-state index contributed by atoms with van der Waals surface area (Å²) in [5, 5.41) is 0. The highest BCUT2D eigenvalue weighted by atomic mass is 16.2. The maximum atomic E-state index is 12.4. The molecule has 4 heteroatoms. The molecule has 3 rings (SSSR count). The van der Waals surface area contributed by atoms with Crippen molar-refractivity contribution < 1.29 is 4.79 Å². The van der Waals surface area contributed by atoms with Crippen molar-refractivity contribution >= 4 is 5.91 Å². The Labute approximate surface area is 114 Å². The molecule has 3 heterocycles. The fraction of sp³-hybridized carbons (Fsp3) is 0.600. The lowest BCUT2D eigenvalue weighted by atomic mass is 9.93. The summed E-state index contributed by atoms with van der Waals surface area (Å²) in [7, 11) is 2.07. The molecular weight excluding hydrogens is 238 g/mol. The molecule has 0 spiro atoms. The predicted octanol–water partition coefficient (Wildman–Crippen LogP) is 1.49. The third kappa shape index (κ3) is 2.50. The summed E-state index contributed by atoms with van der Waals surface area (Å²) in [4.78, 5) is 21.0. The van der Waals surface area contributed by atoms with Gasteiger partial charge in [0.05, 0.1) is 6.04 Å². The molecular formula is C15H21N3O. The van der Waals surface area contributed by atoms with E-state index in [1.165, 1.54) is 12.8 Å². The molecule has 1 aromatic rings. The van der Waals surface area contributed by atoms with E-state index in [1.54, 1.807) is 0 Å². The number of carbonyl (C=O) groups excluding carboxylic acids is 1. The Morgan fingerprint density at radius 2 is 2.16 bits per heavy atom. The number of carbonyl (C=O) groups is 1. The first-order valence-corrected chi connectivity index (χ1v) is 7.15. The van der Waals surface area contributed by atoms with Gasteiger partial charge in [0.1, 0.15) is 0 Å². The number of piperidine rings is 1. The Morgan fingerprint density at radius 1 is 1.32 bits per heavy atom. The van der Waals surface area contributed by atoms with Crippen LogP contribution in [0.5, 0.6) is 0 Å². The Morgan fingerprint density at radius 3 is 2.84 bits per heavy atom. The Kier molecular flexibility index (Phi) is 3.51. The van der Waals surface area contributed by atoms with E-state index >= 15 is 0 Å². The minimum Gasteiger partial charge on any atom is -0.340 e. The highest BCUT2D eigenvalue weighted by molar-refractivity contribution is 5.83. The second kappa shape index (κ2) is 5.29. The summed E-state index contributed by atoms with van der Waals surface area (Å²) < 4.78 is 0. The SMILES string of the molecule is CN1CCCCC1C(=O)N1CC(c2ccccn2)C1. The first-order chi connectivity index (χ1) is 9.25. The van der Waals surface area contributed by atoms with E-state index < -0.39 is 0 Å². The maximum absolute atomic E-state index is 12.4. The van der Waals surface area contributed by atoms with Crippen LogP contribution in [0.3, 0.4) is 0 Å². The molecule has 0 radical (unpaired) electrons. The van der Waals surface area contributed by atoms with E-state index in [-0.39, 0.29) is 6.04 Å². The van der Waals surface area contributed by atoms with Crippen molar-refractivity contribution in [2.45, 2.75) is 31.2 Å². The van der Waals surface area contributed by atoms with Crippen molar-refractivity contribution in [3.8, 4) is 0 Å². The van der Waals surface area contributed by atoms with Crippen LogP contribution in [0.4, 0.5) is 0 Å². The second-order valence-electron chi connectivity index (χ2n) is 5.69. The number of amides is 1. The summed E-state index contributed by atoms with van der Waals surface area (Å²) in [5.74, 6) is 0.744. The molecule has 0 saturated carbocycles. The second-order valence-corrected chi connectivity index (χ2v) is 5.69. The number of likely N-dealkylation sites (tertiary alicyclic amines) is 2. The zero-order valence-electron chi connectivity index (χ0n) is 11.5. The molecule has 4 nitrogen and oxygen atoms in total. The van der Waals surface area contributed by atoms with E-state index in [9.17, 15) is 4.79 Å². The summed E-state index contributed by atoms with van der Waals surface area (Å²) in [5.41, 5.74) is 1.11. The number of pyridine rings is 1. The van der Waals surface area contributed by atoms with Crippen LogP contribution in [0.2, 0.25) is 0 Å². The first kappa shape index (κ1) is 12.6. The van der Waals surface area contributed by atoms with Crippen LogP contribution in [0.15, 0.2) is 24.4 Å². The molecule has 0 aromatic carbocycles. The highest BCUT2D eigenvalue weighted by Crippen LogP contribution is 2.28. The number of hydrogen-bond donors (Lipinski definition) is 0. The molecule has 0 N–H and O–H groups in total. The van der Waals surface area contributed by atoms with Crippen molar-refractivity contribution in [1.82, 2.24) is 14.8 Å². The summed E-state index contributed by atoms with van der Waals surface area (Å²) in [6.07, 6.45) is 5.24. The van der Waals surface area contributed by atoms with Crippen LogP contribution in [0, 0.1) is 0 Å². The standard InChI is InChI=1S/C15H21N3O/c1-17-9-5-3-7-14(17)15(19)18-10-12(11-18)13-6-2-4-8-16-13/h2,4,6,8,12,14H,3,5,7,9-11H2,1H3. The summed E-state index contributed by atoms with van der Waals surface area (Å²) >= 11 is 0. The third-order valence-electron chi connectivity index (χ3n) is 4.35. The number of nitrogens with zero attached hydrogens (tertiary/aromatic N) is 3. The van der Waals surface area contributed by atoms with Crippen LogP contribution in [-0.4, -0.2) is 53.4 Å². The van der Waals surface area contributed by atoms with Crippen LogP contribution >= 0.6 is 0 Å². The van der Waals surface area contributed by atoms with E-state index in [4.69, 9.17) is 0 Å². The zero-order chi connectivity index (χ0) is 13.2. The van der Waals surface area contributed by atoms with Crippen LogP contribution in [-0.2, 0) is 4.79 Å². The van der Waals surface area contributed by atoms with Crippen LogP contribution in [0.25, 0.3) is 0 Å². The van der Waals surface area contributed by atoms with E-state index in [0.717, 1.165) is 31.7 Å². The van der Waals surface area contributed by atoms with Crippen molar-refractivity contribution in [3.63, 3.8) is 0 Å². The van der Waals surface area contributed by atoms with Gasteiger partial charge in [-0.3, -0.25) is 14.7 Å². The zero-order valence-corrected chi connectivity index (χ0v) is 11.5. The van der Waals surface area contributed by atoms with Gasteiger partial charge in [0, 0.05) is 30.9 Å². The molecule has 0 aliphatic carbocycles. The minimum absolute atomic E-state index is 0.110. The number of rotatable bonds is 2. The average molecular weight is 259 g/mol. The molecule has 19 heavy (non-hydrogen) atoms. The molecule has 1 unspecified atom stereocenters. The van der Waals surface area contributed by atoms with Gasteiger partial charge in [-0.15, -0.1) is 0 Å². The van der Waals surface area contributed by atoms with E-state index in [1.807, 2.05) is 23.2 Å². The topological polar surface area (TPSA) is 36.4 Å². The van der Waals surface area contributed by atoms with Gasteiger partial charge in [-0.05, 0) is 38.6 Å². The Hall–Kier alpha value is -1.42. The quantitative estimate of drug-likeness (QED) is 0.807. The molecule has 1 aromatic heterocycles. The van der Waals surface area contributed by atoms with Crippen molar-refractivity contribution in [2.24, 2.45) is 0 Å². The van der Waals surface area contributed by atoms with Gasteiger partial charge >= 0.3 is 0 Å². The lowest BCUT2D eigenvalue weighted by molar-refractivity contribution is -0.142. The average Bonchev–Trinajstić information content (AvgIpc) is 2.38. The molecule has 2 saturated heterocycles. The Balaban J connectivity index is 1.57. The van der Waals surface area contributed by atoms with Crippen molar-refractivity contribution in [3.05, 3.63) is 30.1 Å². The highest BCUT2D eigenvalue weighted by Gasteiger charge is 2.37. The third-order valence-corrected chi connectivity index (χ3v) is 4.35. The van der Waals surface area contributed by atoms with Gasteiger partial charge in [0.25, 0.3) is 0 Å². The molecule has 2 aliphatic rings. The van der Waals surface area contributed by atoms with Gasteiger partial charge in [0.15, 0.2) is 0 Å². The largest absolute Gasteiger partial charge is 0.340 e. The van der Waals surface area contributed by atoms with Gasteiger partial charge < -0.3 is 4.90 Å². The lowest BCUT2D eigenvalue weighted by Crippen LogP contribution is -2.56. The molecule has 1 amide bonds. The summed E-state index contributed by atoms with van der Waals surface area (Å²) in [6.45, 7) is 2.72. The number of hydrogen-bond acceptors (Lipinski definition) is 3. The first-order valence-electron chi connectivity index (χ1n) is 7.15. The Bertz CT molecular complexity index is 442. The van der Waals surface area contributed by atoms with Gasteiger partial charge in [-0.2, -0.15) is 0 Å². The van der Waals surface area contributed by atoms with Crippen LogP contribution in [0.1, 0.15) is 30.9 Å². The van der Waals surface area contributed by atoms with E-state index in [2.05, 4.69) is 23.0 Å². The normalized spacial score (nSPS) is 25.1. The maximum Gasteiger partial charge on any atom is 0.239 e. The van der Waals surface area contributed by atoms with Gasteiger partial charge in [-0.25, -0.2) is 0 Å². The van der Waals surface area contributed by atoms with Crippen molar-refractivity contribution in [2.75, 3.05) is 26.7 Å². The van der Waals surface area contributed by atoms with Gasteiger partial charge in [-0.1, -0.05) is 12.5 Å². The molecule has 1 atom stereocenters. The molecule has 0 bridgehead atoms. The molecule has 102 valence electrons. The number of likely N-dealkylation sites (N-methyl/N-ethyl adjacent to an activating group) is 1. The van der Waals surface area contributed by atoms with Crippen molar-refractivity contribution in [1.29, 1.82) is 0 Å². The fourth-order valence-electron chi connectivity index (χ4n) is 3.06. The minimum atomic E-state index is 0.110. The lowest BCUT2D eigenvalue weighted by Gasteiger charge is -2.43. The molecule has 2 fully saturated rings. The number of aromatic nitrogens is 1. The van der Waals surface area contributed by atoms with E-state index in [0.29, 0.717) is 11.8 Å². The summed E-state index contributed by atoms with van der Waals surface area (Å²) in [6, 6.07) is 6.11. The van der Waals surface area contributed by atoms with Crippen LogP contribution < -0.4 is 0 Å². The smallest absolute Gasteiger partial charge is 0.239 e. The van der Waals surface area contributed by atoms with Gasteiger partial charge in [0.2, 0.25) is 5.91 Å². The predicted molar refractivity (Wildman–Crippen MR) is 73.8 cm³/mol.